The summed E-state index contributed by atoms with van der Waals surface area (Å²) in [5, 5.41) is 5.22. The Morgan fingerprint density at radius 1 is 1.26 bits per heavy atom. The first kappa shape index (κ1) is 22.7. The van der Waals surface area contributed by atoms with Crippen LogP contribution in [0.5, 0.6) is 0 Å². The summed E-state index contributed by atoms with van der Waals surface area (Å²) in [6, 6.07) is 3.58. The molecule has 1 aromatic heterocycles. The fourth-order valence-corrected chi connectivity index (χ4v) is 3.74. The minimum absolute atomic E-state index is 0.0503. The quantitative estimate of drug-likeness (QED) is 0.562. The average Bonchev–Trinajstić information content (AvgIpc) is 3.21. The van der Waals surface area contributed by atoms with Gasteiger partial charge < -0.3 is 9.64 Å². The van der Waals surface area contributed by atoms with Crippen molar-refractivity contribution in [2.45, 2.75) is 32.4 Å². The number of benzene rings is 1. The molecule has 2 heterocycles. The standard InChI is InChI=1S/C20H20F5N3O3/c1-2-31-18(30)19(10-12-4-5-13(21)8-14(12)22)6-3-7-28(11-19)17(29)15-9-16(27-26-15)20(23,24)25/h4-5,8-9H,2-3,6-7,10-11H2,1H3,(H,26,27)/t19-/m1/s1. The summed E-state index contributed by atoms with van der Waals surface area (Å²) in [5.74, 6) is -3.06. The van der Waals surface area contributed by atoms with Crippen molar-refractivity contribution >= 4 is 11.9 Å². The van der Waals surface area contributed by atoms with Gasteiger partial charge in [-0.1, -0.05) is 6.07 Å². The van der Waals surface area contributed by atoms with Crippen molar-refractivity contribution < 1.29 is 36.3 Å². The van der Waals surface area contributed by atoms with Gasteiger partial charge in [0.25, 0.3) is 5.91 Å². The van der Waals surface area contributed by atoms with Crippen LogP contribution in [-0.2, 0) is 22.1 Å². The molecule has 0 unspecified atom stereocenters. The molecule has 31 heavy (non-hydrogen) atoms. The van der Waals surface area contributed by atoms with E-state index in [1.165, 1.54) is 11.0 Å². The number of halogens is 5. The third-order valence-corrected chi connectivity index (χ3v) is 5.22. The minimum atomic E-state index is -4.69. The highest BCUT2D eigenvalue weighted by molar-refractivity contribution is 5.93. The van der Waals surface area contributed by atoms with E-state index in [1.807, 2.05) is 0 Å². The minimum Gasteiger partial charge on any atom is -0.466 e. The van der Waals surface area contributed by atoms with E-state index in [4.69, 9.17) is 4.74 Å². The van der Waals surface area contributed by atoms with Gasteiger partial charge in [-0.05, 0) is 37.8 Å². The molecule has 3 rings (SSSR count). The van der Waals surface area contributed by atoms with Crippen molar-refractivity contribution in [1.82, 2.24) is 15.1 Å². The largest absolute Gasteiger partial charge is 0.466 e. The number of carbonyl (C=O) groups excluding carboxylic acids is 2. The van der Waals surface area contributed by atoms with Crippen LogP contribution in [0.15, 0.2) is 24.3 Å². The molecule has 1 N–H and O–H groups in total. The molecule has 0 spiro atoms. The van der Waals surface area contributed by atoms with E-state index in [0.29, 0.717) is 18.6 Å². The number of aromatic nitrogens is 2. The van der Waals surface area contributed by atoms with Gasteiger partial charge in [-0.25, -0.2) is 8.78 Å². The highest BCUT2D eigenvalue weighted by Crippen LogP contribution is 2.37. The molecule has 0 aliphatic carbocycles. The summed E-state index contributed by atoms with van der Waals surface area (Å²) >= 11 is 0. The van der Waals surface area contributed by atoms with Gasteiger partial charge in [0.05, 0.1) is 12.0 Å². The second-order valence-electron chi connectivity index (χ2n) is 7.41. The molecule has 1 aromatic carbocycles. The Morgan fingerprint density at radius 2 is 2.00 bits per heavy atom. The van der Waals surface area contributed by atoms with Crippen LogP contribution in [0.2, 0.25) is 0 Å². The predicted molar refractivity (Wildman–Crippen MR) is 97.9 cm³/mol. The maximum absolute atomic E-state index is 14.3. The Balaban J connectivity index is 1.89. The number of hydrogen-bond donors (Lipinski definition) is 1. The number of alkyl halides is 3. The van der Waals surface area contributed by atoms with Crippen LogP contribution in [0.25, 0.3) is 0 Å². The van der Waals surface area contributed by atoms with Crippen LogP contribution in [-0.4, -0.2) is 46.7 Å². The first-order valence-electron chi connectivity index (χ1n) is 9.59. The van der Waals surface area contributed by atoms with E-state index in [-0.39, 0.29) is 38.1 Å². The molecule has 0 radical (unpaired) electrons. The number of likely N-dealkylation sites (tertiary alicyclic amines) is 1. The molecule has 0 saturated carbocycles. The molecule has 168 valence electrons. The Labute approximate surface area is 174 Å². The van der Waals surface area contributed by atoms with E-state index in [2.05, 4.69) is 5.10 Å². The number of nitrogens with one attached hydrogen (secondary N) is 1. The lowest BCUT2D eigenvalue weighted by atomic mass is 9.74. The molecule has 1 aliphatic rings. The number of esters is 1. The molecular weight excluding hydrogens is 425 g/mol. The molecule has 1 amide bonds. The van der Waals surface area contributed by atoms with Gasteiger partial charge >= 0.3 is 12.1 Å². The molecule has 2 aromatic rings. The van der Waals surface area contributed by atoms with Gasteiger partial charge in [0.2, 0.25) is 0 Å². The first-order chi connectivity index (χ1) is 14.6. The van der Waals surface area contributed by atoms with Crippen LogP contribution in [0.1, 0.15) is 41.5 Å². The molecule has 1 fully saturated rings. The zero-order valence-electron chi connectivity index (χ0n) is 16.6. The molecule has 11 heteroatoms. The summed E-state index contributed by atoms with van der Waals surface area (Å²) in [7, 11) is 0. The lowest BCUT2D eigenvalue weighted by Gasteiger charge is -2.41. The number of hydrogen-bond acceptors (Lipinski definition) is 4. The van der Waals surface area contributed by atoms with Crippen molar-refractivity contribution in [2.75, 3.05) is 19.7 Å². The lowest BCUT2D eigenvalue weighted by molar-refractivity contribution is -0.158. The Hall–Kier alpha value is -2.98. The summed E-state index contributed by atoms with van der Waals surface area (Å²) in [6.45, 7) is 1.63. The van der Waals surface area contributed by atoms with Crippen LogP contribution < -0.4 is 0 Å². The Kier molecular flexibility index (Phi) is 6.33. The summed E-state index contributed by atoms with van der Waals surface area (Å²) in [5.41, 5.74) is -2.87. The van der Waals surface area contributed by atoms with Gasteiger partial charge in [-0.2, -0.15) is 18.3 Å². The molecule has 1 atom stereocenters. The van der Waals surface area contributed by atoms with E-state index < -0.39 is 46.5 Å². The third-order valence-electron chi connectivity index (χ3n) is 5.22. The van der Waals surface area contributed by atoms with Crippen molar-refractivity contribution in [3.05, 3.63) is 52.9 Å². The molecule has 1 saturated heterocycles. The lowest BCUT2D eigenvalue weighted by Crippen LogP contribution is -2.51. The number of amides is 1. The smallest absolute Gasteiger partial charge is 0.432 e. The van der Waals surface area contributed by atoms with Crippen LogP contribution in [0.4, 0.5) is 22.0 Å². The van der Waals surface area contributed by atoms with Gasteiger partial charge in [-0.15, -0.1) is 0 Å². The van der Waals surface area contributed by atoms with Crippen molar-refractivity contribution in [2.24, 2.45) is 5.41 Å². The summed E-state index contributed by atoms with van der Waals surface area (Å²) in [4.78, 5) is 26.8. The first-order valence-corrected chi connectivity index (χ1v) is 9.59. The Morgan fingerprint density at radius 3 is 2.61 bits per heavy atom. The van der Waals surface area contributed by atoms with Crippen molar-refractivity contribution in [3.8, 4) is 0 Å². The van der Waals surface area contributed by atoms with Gasteiger partial charge in [0, 0.05) is 25.2 Å². The van der Waals surface area contributed by atoms with Gasteiger partial charge in [0.1, 0.15) is 17.3 Å². The van der Waals surface area contributed by atoms with Gasteiger partial charge in [0.15, 0.2) is 5.69 Å². The number of carbonyl (C=O) groups is 2. The normalized spacial score (nSPS) is 19.4. The molecule has 0 bridgehead atoms. The number of aromatic amines is 1. The number of piperidine rings is 1. The Bertz CT molecular complexity index is 975. The fourth-order valence-electron chi connectivity index (χ4n) is 3.74. The number of H-pyrrole nitrogens is 1. The van der Waals surface area contributed by atoms with Crippen LogP contribution in [0, 0.1) is 17.0 Å². The zero-order chi connectivity index (χ0) is 22.8. The number of ether oxygens (including phenoxy) is 1. The molecular formula is C20H20F5N3O3. The average molecular weight is 445 g/mol. The molecule has 6 nitrogen and oxygen atoms in total. The number of nitrogens with zero attached hydrogens (tertiary/aromatic N) is 2. The monoisotopic (exact) mass is 445 g/mol. The summed E-state index contributed by atoms with van der Waals surface area (Å²) in [6.07, 6.45) is -4.25. The van der Waals surface area contributed by atoms with Crippen LogP contribution >= 0.6 is 0 Å². The van der Waals surface area contributed by atoms with Gasteiger partial charge in [-0.3, -0.25) is 14.7 Å². The molecule has 1 aliphatic heterocycles. The predicted octanol–water partition coefficient (Wildman–Crippen LogP) is 3.73. The van der Waals surface area contributed by atoms with Crippen LogP contribution in [0.3, 0.4) is 0 Å². The second kappa shape index (κ2) is 8.64. The van der Waals surface area contributed by atoms with E-state index >= 15 is 0 Å². The van der Waals surface area contributed by atoms with E-state index in [9.17, 15) is 31.5 Å². The number of rotatable bonds is 5. The highest BCUT2D eigenvalue weighted by atomic mass is 19.4. The topological polar surface area (TPSA) is 75.3 Å². The van der Waals surface area contributed by atoms with E-state index in [1.54, 1.807) is 12.0 Å². The summed E-state index contributed by atoms with van der Waals surface area (Å²) < 4.78 is 71.1. The highest BCUT2D eigenvalue weighted by Gasteiger charge is 2.46. The maximum atomic E-state index is 14.3. The fraction of sp³-hybridized carbons (Fsp3) is 0.450. The SMILES string of the molecule is CCOC(=O)[C@@]1(Cc2ccc(F)cc2F)CCCN(C(=O)c2cc(C(F)(F)F)[nH]n2)C1. The van der Waals surface area contributed by atoms with E-state index in [0.717, 1.165) is 6.07 Å². The third kappa shape index (κ3) is 4.86. The van der Waals surface area contributed by atoms with Crippen molar-refractivity contribution in [1.29, 1.82) is 0 Å². The maximum Gasteiger partial charge on any atom is 0.432 e. The zero-order valence-corrected chi connectivity index (χ0v) is 16.6. The second-order valence-corrected chi connectivity index (χ2v) is 7.41. The van der Waals surface area contributed by atoms with Crippen molar-refractivity contribution in [3.63, 3.8) is 0 Å².